The molecule has 0 spiro atoms. The summed E-state index contributed by atoms with van der Waals surface area (Å²) < 4.78 is 16.1. The van der Waals surface area contributed by atoms with E-state index in [1.54, 1.807) is 6.92 Å². The summed E-state index contributed by atoms with van der Waals surface area (Å²) in [5.74, 6) is 0.0523. The zero-order valence-corrected chi connectivity index (χ0v) is 9.07. The van der Waals surface area contributed by atoms with E-state index in [1.165, 1.54) is 0 Å². The van der Waals surface area contributed by atoms with E-state index in [0.717, 1.165) is 0 Å². The van der Waals surface area contributed by atoms with Crippen LogP contribution in [0.1, 0.15) is 6.92 Å². The summed E-state index contributed by atoms with van der Waals surface area (Å²) in [6.07, 6.45) is -1.75. The molecule has 0 saturated carbocycles. The fraction of sp³-hybridized carbons (Fsp3) is 1.00. The summed E-state index contributed by atoms with van der Waals surface area (Å²) in [6, 6.07) is 0. The Bertz CT molecular complexity index is 164. The monoisotopic (exact) mass is 226 g/mol. The molecule has 0 amide bonds. The number of ether oxygens (including phenoxy) is 1. The van der Waals surface area contributed by atoms with Gasteiger partial charge in [0.2, 0.25) is 0 Å². The second-order valence-corrected chi connectivity index (χ2v) is 4.47. The normalized spacial score (nSPS) is 17.7. The molecule has 0 aliphatic rings. The van der Waals surface area contributed by atoms with E-state index in [2.05, 4.69) is 0 Å². The Kier molecular flexibility index (Phi) is 8.30. The maximum Gasteiger partial charge on any atom is 0.0888 e. The van der Waals surface area contributed by atoms with Crippen molar-refractivity contribution in [1.29, 1.82) is 0 Å². The van der Waals surface area contributed by atoms with Crippen molar-refractivity contribution >= 4 is 10.8 Å². The molecule has 86 valence electrons. The molecule has 14 heavy (non-hydrogen) atoms. The van der Waals surface area contributed by atoms with Gasteiger partial charge in [-0.25, -0.2) is 0 Å². The SMILES string of the molecule is CCOCC(O)CS(=O)CC(O)CO. The van der Waals surface area contributed by atoms with Gasteiger partial charge in [-0.3, -0.25) is 4.21 Å². The molecule has 0 heterocycles. The van der Waals surface area contributed by atoms with Crippen molar-refractivity contribution in [3.05, 3.63) is 0 Å². The maximum atomic E-state index is 11.2. The van der Waals surface area contributed by atoms with Crippen LogP contribution in [0.5, 0.6) is 0 Å². The minimum atomic E-state index is -1.32. The molecule has 0 rings (SSSR count). The lowest BCUT2D eigenvalue weighted by atomic mass is 10.4. The van der Waals surface area contributed by atoms with E-state index in [-0.39, 0.29) is 18.1 Å². The summed E-state index contributed by atoms with van der Waals surface area (Å²) in [6.45, 7) is 2.05. The maximum absolute atomic E-state index is 11.2. The van der Waals surface area contributed by atoms with Gasteiger partial charge in [-0.1, -0.05) is 0 Å². The highest BCUT2D eigenvalue weighted by atomic mass is 32.2. The van der Waals surface area contributed by atoms with E-state index in [4.69, 9.17) is 14.9 Å². The van der Waals surface area contributed by atoms with Gasteiger partial charge in [-0.15, -0.1) is 0 Å². The first-order valence-electron chi connectivity index (χ1n) is 4.49. The molecule has 0 aliphatic heterocycles. The molecule has 3 unspecified atom stereocenters. The zero-order valence-electron chi connectivity index (χ0n) is 8.26. The minimum absolute atomic E-state index is 0.0142. The molecule has 3 atom stereocenters. The largest absolute Gasteiger partial charge is 0.394 e. The van der Waals surface area contributed by atoms with E-state index >= 15 is 0 Å². The molecular weight excluding hydrogens is 208 g/mol. The molecule has 0 aromatic rings. The van der Waals surface area contributed by atoms with Gasteiger partial charge in [0, 0.05) is 17.4 Å². The smallest absolute Gasteiger partial charge is 0.0888 e. The number of rotatable bonds is 8. The average Bonchev–Trinajstić information content (AvgIpc) is 2.14. The van der Waals surface area contributed by atoms with Crippen LogP contribution in [-0.2, 0) is 15.5 Å². The Labute approximate surface area is 86.2 Å². The van der Waals surface area contributed by atoms with Gasteiger partial charge in [0.15, 0.2) is 0 Å². The predicted octanol–water partition coefficient (Wildman–Crippen LogP) is -1.51. The van der Waals surface area contributed by atoms with E-state index in [0.29, 0.717) is 6.61 Å². The first-order valence-corrected chi connectivity index (χ1v) is 5.98. The van der Waals surface area contributed by atoms with Crippen molar-refractivity contribution < 1.29 is 24.3 Å². The molecule has 0 aromatic carbocycles. The summed E-state index contributed by atoms with van der Waals surface area (Å²) in [7, 11) is -1.32. The highest BCUT2D eigenvalue weighted by Gasteiger charge is 2.13. The van der Waals surface area contributed by atoms with Gasteiger partial charge in [0.25, 0.3) is 0 Å². The average molecular weight is 226 g/mol. The van der Waals surface area contributed by atoms with Crippen molar-refractivity contribution in [2.75, 3.05) is 31.3 Å². The molecule has 3 N–H and O–H groups in total. The molecule has 0 saturated heterocycles. The number of hydrogen-bond donors (Lipinski definition) is 3. The van der Waals surface area contributed by atoms with Gasteiger partial charge in [0.05, 0.1) is 36.9 Å². The Hall–Kier alpha value is -0.0100. The topological polar surface area (TPSA) is 87.0 Å². The van der Waals surface area contributed by atoms with Crippen LogP contribution in [0.3, 0.4) is 0 Å². The molecule has 0 aliphatic carbocycles. The first kappa shape index (κ1) is 14.0. The summed E-state index contributed by atoms with van der Waals surface area (Å²) in [5, 5.41) is 26.7. The lowest BCUT2D eigenvalue weighted by Gasteiger charge is -2.11. The van der Waals surface area contributed by atoms with Crippen molar-refractivity contribution in [1.82, 2.24) is 0 Å². The van der Waals surface area contributed by atoms with Crippen LogP contribution in [-0.4, -0.2) is 63.1 Å². The van der Waals surface area contributed by atoms with Crippen LogP contribution in [0.25, 0.3) is 0 Å². The van der Waals surface area contributed by atoms with Gasteiger partial charge in [0.1, 0.15) is 0 Å². The molecule has 0 aromatic heterocycles. The molecule has 0 bridgehead atoms. The number of aliphatic hydroxyl groups is 3. The molecule has 0 fully saturated rings. The van der Waals surface area contributed by atoms with Crippen LogP contribution >= 0.6 is 0 Å². The zero-order chi connectivity index (χ0) is 11.0. The highest BCUT2D eigenvalue weighted by molar-refractivity contribution is 7.85. The quantitative estimate of drug-likeness (QED) is 0.468. The first-order chi connectivity index (χ1) is 6.60. The van der Waals surface area contributed by atoms with Crippen molar-refractivity contribution in [2.24, 2.45) is 0 Å². The van der Waals surface area contributed by atoms with Crippen LogP contribution in [0.15, 0.2) is 0 Å². The summed E-state index contributed by atoms with van der Waals surface area (Å²) >= 11 is 0. The lowest BCUT2D eigenvalue weighted by molar-refractivity contribution is 0.0544. The van der Waals surface area contributed by atoms with Crippen molar-refractivity contribution in [3.8, 4) is 0 Å². The van der Waals surface area contributed by atoms with Gasteiger partial charge < -0.3 is 20.1 Å². The van der Waals surface area contributed by atoms with E-state index in [9.17, 15) is 9.32 Å². The Morgan fingerprint density at radius 3 is 2.36 bits per heavy atom. The van der Waals surface area contributed by atoms with Gasteiger partial charge in [-0.2, -0.15) is 0 Å². The lowest BCUT2D eigenvalue weighted by Crippen LogP contribution is -2.28. The van der Waals surface area contributed by atoms with Gasteiger partial charge in [-0.05, 0) is 6.92 Å². The molecule has 0 radical (unpaired) electrons. The van der Waals surface area contributed by atoms with Crippen LogP contribution < -0.4 is 0 Å². The third kappa shape index (κ3) is 7.40. The minimum Gasteiger partial charge on any atom is -0.394 e. The van der Waals surface area contributed by atoms with Crippen LogP contribution in [0.4, 0.5) is 0 Å². The number of aliphatic hydroxyl groups excluding tert-OH is 3. The third-order valence-electron chi connectivity index (χ3n) is 1.48. The van der Waals surface area contributed by atoms with Crippen LogP contribution in [0.2, 0.25) is 0 Å². The standard InChI is InChI=1S/C8H18O5S/c1-2-13-4-8(11)6-14(12)5-7(10)3-9/h7-11H,2-6H2,1H3. The Balaban J connectivity index is 3.60. The second kappa shape index (κ2) is 8.31. The van der Waals surface area contributed by atoms with Crippen LogP contribution in [0, 0.1) is 0 Å². The second-order valence-electron chi connectivity index (χ2n) is 2.92. The summed E-state index contributed by atoms with van der Waals surface area (Å²) in [4.78, 5) is 0. The number of hydrogen-bond acceptors (Lipinski definition) is 5. The third-order valence-corrected chi connectivity index (χ3v) is 2.99. The Morgan fingerprint density at radius 1 is 1.29 bits per heavy atom. The molecule has 5 nitrogen and oxygen atoms in total. The van der Waals surface area contributed by atoms with Crippen molar-refractivity contribution in [3.63, 3.8) is 0 Å². The fourth-order valence-corrected chi connectivity index (χ4v) is 2.05. The fourth-order valence-electron chi connectivity index (χ4n) is 0.852. The van der Waals surface area contributed by atoms with E-state index < -0.39 is 29.6 Å². The molecule has 6 heteroatoms. The molecular formula is C8H18O5S. The Morgan fingerprint density at radius 2 is 1.86 bits per heavy atom. The predicted molar refractivity (Wildman–Crippen MR) is 53.5 cm³/mol. The van der Waals surface area contributed by atoms with Crippen molar-refractivity contribution in [2.45, 2.75) is 19.1 Å². The summed E-state index contributed by atoms with van der Waals surface area (Å²) in [5.41, 5.74) is 0. The highest BCUT2D eigenvalue weighted by Crippen LogP contribution is 1.94. The van der Waals surface area contributed by atoms with E-state index in [1.807, 2.05) is 0 Å². The van der Waals surface area contributed by atoms with Gasteiger partial charge >= 0.3 is 0 Å².